The largest absolute Gasteiger partial charge is 0.755 e. The lowest BCUT2D eigenvalue weighted by Crippen LogP contribution is -2.10. The number of benzene rings is 4. The monoisotopic (exact) mass is 819 g/mol. The highest BCUT2D eigenvalue weighted by Gasteiger charge is 2.28. The second kappa shape index (κ2) is 16.9. The van der Waals surface area contributed by atoms with E-state index in [2.05, 4.69) is 45.3 Å². The lowest BCUT2D eigenvalue weighted by molar-refractivity contribution is 0.337. The van der Waals surface area contributed by atoms with Crippen molar-refractivity contribution in [1.29, 1.82) is 0 Å². The molecule has 1 heterocycles. The van der Waals surface area contributed by atoms with E-state index in [-0.39, 0.29) is 70.1 Å². The van der Waals surface area contributed by atoms with E-state index in [1.54, 1.807) is 18.2 Å². The number of nitrogens with zero attached hydrogens (tertiary/aromatic N) is 5. The van der Waals surface area contributed by atoms with E-state index in [0.29, 0.717) is 0 Å². The van der Waals surface area contributed by atoms with Gasteiger partial charge in [-0.25, -0.2) is 0 Å². The topological polar surface area (TPSA) is 299 Å². The predicted molar refractivity (Wildman–Crippen MR) is 197 cm³/mol. The van der Waals surface area contributed by atoms with Gasteiger partial charge in [0, 0.05) is 33.6 Å². The number of aromatic nitrogens is 3. The van der Waals surface area contributed by atoms with Crippen LogP contribution in [0.3, 0.4) is 0 Å². The normalized spacial score (nSPS) is 13.1. The molecular weight excluding hydrogens is 791 g/mol. The third kappa shape index (κ3) is 9.66. The van der Waals surface area contributed by atoms with Crippen molar-refractivity contribution in [2.24, 2.45) is 10.2 Å². The van der Waals surface area contributed by atoms with Gasteiger partial charge in [-0.3, -0.25) is 16.8 Å². The van der Waals surface area contributed by atoms with Gasteiger partial charge in [-0.1, -0.05) is 18.2 Å². The molecule has 54 heavy (non-hydrogen) atoms. The zero-order chi connectivity index (χ0) is 39.2. The second-order valence-electron chi connectivity index (χ2n) is 10.6. The number of phenolic OH excluding ortho intramolecular Hbond substituents is 1. The Labute approximate surface area is 313 Å². The summed E-state index contributed by atoms with van der Waals surface area (Å²) in [7, 11) is -9.11. The average molecular weight is 820 g/mol. The van der Waals surface area contributed by atoms with Crippen LogP contribution in [0.5, 0.6) is 5.75 Å². The second-order valence-corrected chi connectivity index (χ2v) is 15.2. The SMILES string of the molecule is CCOS(=O)(=O)c1cc(Nc2nc(C)nc(Nc3ccccc3NS(=O)[O-])n2)c2c(O)c(N=Nc3cccc(NS(=O)[O-])c3)c(S(=O)(=O)OCC)cc2c1. The van der Waals surface area contributed by atoms with Gasteiger partial charge in [0.1, 0.15) is 16.4 Å². The molecule has 0 saturated heterocycles. The van der Waals surface area contributed by atoms with Crippen LogP contribution >= 0.6 is 0 Å². The van der Waals surface area contributed by atoms with E-state index in [1.807, 2.05) is 0 Å². The fraction of sp³-hybridized carbons (Fsp3) is 0.167. The van der Waals surface area contributed by atoms with Crippen molar-refractivity contribution in [2.45, 2.75) is 30.6 Å². The van der Waals surface area contributed by atoms with Crippen molar-refractivity contribution in [3.63, 3.8) is 0 Å². The van der Waals surface area contributed by atoms with Crippen LogP contribution in [0.2, 0.25) is 0 Å². The molecule has 0 saturated carbocycles. The minimum atomic E-state index is -4.66. The molecule has 1 aromatic heterocycles. The number of aromatic hydroxyl groups is 1. The van der Waals surface area contributed by atoms with Crippen LogP contribution in [0.4, 0.5) is 46.0 Å². The quantitative estimate of drug-likeness (QED) is 0.0507. The molecule has 20 nitrogen and oxygen atoms in total. The number of rotatable bonds is 16. The van der Waals surface area contributed by atoms with Gasteiger partial charge in [-0.2, -0.15) is 36.9 Å². The fourth-order valence-corrected chi connectivity index (χ4v) is 7.61. The van der Waals surface area contributed by atoms with E-state index >= 15 is 0 Å². The Balaban J connectivity index is 1.71. The molecule has 4 aromatic carbocycles. The van der Waals surface area contributed by atoms with Crippen molar-refractivity contribution < 1.29 is 47.8 Å². The highest BCUT2D eigenvalue weighted by molar-refractivity contribution is 7.87. The average Bonchev–Trinajstić information content (AvgIpc) is 3.08. The number of hydrogen-bond donors (Lipinski definition) is 5. The van der Waals surface area contributed by atoms with Gasteiger partial charge < -0.3 is 34.3 Å². The van der Waals surface area contributed by atoms with Crippen molar-refractivity contribution in [1.82, 2.24) is 15.0 Å². The zero-order valence-corrected chi connectivity index (χ0v) is 31.4. The first-order chi connectivity index (χ1) is 25.6. The van der Waals surface area contributed by atoms with E-state index in [0.717, 1.165) is 18.2 Å². The number of para-hydroxylation sites is 2. The summed E-state index contributed by atoms with van der Waals surface area (Å²) in [6.45, 7) is 3.82. The third-order valence-electron chi connectivity index (χ3n) is 6.90. The molecule has 5 rings (SSSR count). The van der Waals surface area contributed by atoms with Gasteiger partial charge >= 0.3 is 0 Å². The lowest BCUT2D eigenvalue weighted by Gasteiger charge is -2.17. The number of azo groups is 1. The number of fused-ring (bicyclic) bond motifs is 1. The molecule has 0 aliphatic rings. The number of aryl methyl sites for hydroxylation is 1. The van der Waals surface area contributed by atoms with Crippen LogP contribution in [0, 0.1) is 6.92 Å². The van der Waals surface area contributed by atoms with Crippen LogP contribution in [0.25, 0.3) is 10.8 Å². The molecule has 0 spiro atoms. The van der Waals surface area contributed by atoms with Gasteiger partial charge in [0.05, 0.1) is 40.9 Å². The lowest BCUT2D eigenvalue weighted by atomic mass is 10.1. The molecule has 0 fully saturated rings. The molecule has 5 N–H and O–H groups in total. The number of nitrogens with one attached hydrogen (secondary N) is 4. The highest BCUT2D eigenvalue weighted by atomic mass is 32.2. The summed E-state index contributed by atoms with van der Waals surface area (Å²) in [4.78, 5) is 11.7. The molecule has 2 unspecified atom stereocenters. The summed E-state index contributed by atoms with van der Waals surface area (Å²) >= 11 is -5.31. The van der Waals surface area contributed by atoms with Crippen LogP contribution in [0.1, 0.15) is 19.7 Å². The Morgan fingerprint density at radius 3 is 2.04 bits per heavy atom. The standard InChI is InChI=1S/C30H31N9O11S4/c1-4-49-53(45,46)21-13-18-14-25(54(47,48)50-5-2)27(37-36-19-9-8-10-20(15-19)38-51(41)42)28(40)26(18)24(16-21)34-30-32-17(3)31-29(35-30)33-22-11-6-7-12-23(22)39-52(43)44/h6-16,38-40H,4-5H2,1-3H3,(H,41,42)(H,43,44)(H2,31,32,33,34,35)/p-2. The van der Waals surface area contributed by atoms with E-state index in [9.17, 15) is 39.5 Å². The zero-order valence-electron chi connectivity index (χ0n) is 28.2. The van der Waals surface area contributed by atoms with E-state index in [1.165, 1.54) is 51.1 Å². The summed E-state index contributed by atoms with van der Waals surface area (Å²) < 4.78 is 112. The van der Waals surface area contributed by atoms with Crippen LogP contribution in [-0.4, -0.2) is 67.6 Å². The molecule has 0 aliphatic carbocycles. The van der Waals surface area contributed by atoms with E-state index < -0.39 is 64.0 Å². The first kappa shape index (κ1) is 40.0. The van der Waals surface area contributed by atoms with Crippen LogP contribution in [0.15, 0.2) is 86.7 Å². The van der Waals surface area contributed by atoms with Crippen molar-refractivity contribution in [3.05, 3.63) is 72.6 Å². The minimum absolute atomic E-state index is 0.0557. The van der Waals surface area contributed by atoms with Gasteiger partial charge in [-0.05, 0) is 74.7 Å². The Hall–Kier alpha value is -5.21. The fourth-order valence-electron chi connectivity index (χ4n) is 4.87. The van der Waals surface area contributed by atoms with Crippen LogP contribution < -0.4 is 20.1 Å². The molecular formula is C30H29N9O11S4-2. The molecule has 0 amide bonds. The summed E-state index contributed by atoms with van der Waals surface area (Å²) in [5.41, 5.74) is -0.164. The van der Waals surface area contributed by atoms with E-state index in [4.69, 9.17) is 8.37 Å². The van der Waals surface area contributed by atoms with Gasteiger partial charge in [-0.15, -0.1) is 5.11 Å². The molecule has 24 heteroatoms. The smallest absolute Gasteiger partial charge is 0.299 e. The highest BCUT2D eigenvalue weighted by Crippen LogP contribution is 2.46. The Morgan fingerprint density at radius 2 is 1.39 bits per heavy atom. The first-order valence-electron chi connectivity index (χ1n) is 15.3. The molecule has 0 bridgehead atoms. The Morgan fingerprint density at radius 1 is 0.759 bits per heavy atom. The van der Waals surface area contributed by atoms with Crippen molar-refractivity contribution in [3.8, 4) is 5.75 Å². The predicted octanol–water partition coefficient (Wildman–Crippen LogP) is 4.80. The number of anilines is 6. The maximum Gasteiger partial charge on any atom is 0.299 e. The number of phenols is 1. The maximum atomic E-state index is 13.4. The summed E-state index contributed by atoms with van der Waals surface area (Å²) in [5, 5.41) is 25.2. The van der Waals surface area contributed by atoms with Crippen LogP contribution in [-0.2, 0) is 51.1 Å². The Kier molecular flexibility index (Phi) is 12.5. The Bertz CT molecular complexity index is 2520. The summed E-state index contributed by atoms with van der Waals surface area (Å²) in [6.07, 6.45) is 0. The third-order valence-corrected chi connectivity index (χ3v) is 10.4. The maximum absolute atomic E-state index is 13.4. The summed E-state index contributed by atoms with van der Waals surface area (Å²) in [6, 6.07) is 15.0. The molecule has 5 aromatic rings. The first-order valence-corrected chi connectivity index (χ1v) is 20.3. The molecule has 0 radical (unpaired) electrons. The van der Waals surface area contributed by atoms with Crippen molar-refractivity contribution in [2.75, 3.05) is 33.3 Å². The van der Waals surface area contributed by atoms with Gasteiger partial charge in [0.2, 0.25) is 11.9 Å². The van der Waals surface area contributed by atoms with Gasteiger partial charge in [0.15, 0.2) is 5.75 Å². The summed E-state index contributed by atoms with van der Waals surface area (Å²) in [5.74, 6) is -0.901. The minimum Gasteiger partial charge on any atom is -0.755 e. The molecule has 286 valence electrons. The number of hydrogen-bond acceptors (Lipinski definition) is 18. The van der Waals surface area contributed by atoms with Gasteiger partial charge in [0.25, 0.3) is 20.2 Å². The molecule has 2 atom stereocenters. The molecule has 0 aliphatic heterocycles. The van der Waals surface area contributed by atoms with Crippen molar-refractivity contribution >= 4 is 99.6 Å².